The first-order chi connectivity index (χ1) is 13.9. The molecular formula is C23H22Cl2N2O2. The van der Waals surface area contributed by atoms with Gasteiger partial charge in [0.2, 0.25) is 0 Å². The molecular weight excluding hydrogens is 407 g/mol. The van der Waals surface area contributed by atoms with Crippen LogP contribution in [0.3, 0.4) is 0 Å². The molecule has 4 rings (SSSR count). The molecule has 0 atom stereocenters. The second kappa shape index (κ2) is 7.85. The minimum absolute atomic E-state index is 0.165. The van der Waals surface area contributed by atoms with Gasteiger partial charge in [-0.3, -0.25) is 14.5 Å². The summed E-state index contributed by atoms with van der Waals surface area (Å²) in [7, 11) is 0. The van der Waals surface area contributed by atoms with Crippen molar-refractivity contribution in [1.82, 2.24) is 4.90 Å². The molecule has 2 aliphatic rings. The van der Waals surface area contributed by atoms with E-state index in [4.69, 9.17) is 23.2 Å². The Morgan fingerprint density at radius 1 is 1.03 bits per heavy atom. The summed E-state index contributed by atoms with van der Waals surface area (Å²) in [5.41, 5.74) is 3.46. The van der Waals surface area contributed by atoms with E-state index in [0.717, 1.165) is 18.5 Å². The highest BCUT2D eigenvalue weighted by atomic mass is 35.5. The Kier molecular flexibility index (Phi) is 5.41. The molecule has 2 aliphatic heterocycles. The zero-order valence-corrected chi connectivity index (χ0v) is 17.9. The monoisotopic (exact) mass is 428 g/mol. The topological polar surface area (TPSA) is 40.6 Å². The predicted octanol–water partition coefficient (Wildman–Crippen LogP) is 5.18. The number of benzene rings is 2. The SMILES string of the molecule is CC(C)CN1C(=O)C(c2ccc(Cl)cc2Cl)=C(N2CCCc3ccccc32)C1=O. The van der Waals surface area contributed by atoms with Crippen LogP contribution in [0.5, 0.6) is 0 Å². The number of halogens is 2. The van der Waals surface area contributed by atoms with E-state index in [1.165, 1.54) is 10.5 Å². The van der Waals surface area contributed by atoms with Crippen molar-refractivity contribution in [2.45, 2.75) is 26.7 Å². The molecule has 29 heavy (non-hydrogen) atoms. The van der Waals surface area contributed by atoms with Gasteiger partial charge in [-0.15, -0.1) is 0 Å². The Hall–Kier alpha value is -2.30. The third kappa shape index (κ3) is 3.56. The fourth-order valence-corrected chi connectivity index (χ4v) is 4.55. The summed E-state index contributed by atoms with van der Waals surface area (Å²) in [5, 5.41) is 0.850. The van der Waals surface area contributed by atoms with Crippen LogP contribution >= 0.6 is 23.2 Å². The summed E-state index contributed by atoms with van der Waals surface area (Å²) in [6, 6.07) is 13.1. The Balaban J connectivity index is 1.91. The first kappa shape index (κ1) is 20.0. The van der Waals surface area contributed by atoms with Crippen LogP contribution < -0.4 is 4.90 Å². The molecule has 150 valence electrons. The maximum atomic E-state index is 13.5. The molecule has 0 aromatic heterocycles. The lowest BCUT2D eigenvalue weighted by Crippen LogP contribution is -2.38. The summed E-state index contributed by atoms with van der Waals surface area (Å²) < 4.78 is 0. The highest BCUT2D eigenvalue weighted by molar-refractivity contribution is 6.41. The minimum atomic E-state index is -0.300. The van der Waals surface area contributed by atoms with E-state index >= 15 is 0 Å². The molecule has 2 aromatic carbocycles. The van der Waals surface area contributed by atoms with Crippen LogP contribution in [0.1, 0.15) is 31.4 Å². The summed E-state index contributed by atoms with van der Waals surface area (Å²) >= 11 is 12.5. The molecule has 0 aliphatic carbocycles. The number of aryl methyl sites for hydroxylation is 1. The van der Waals surface area contributed by atoms with E-state index in [9.17, 15) is 9.59 Å². The van der Waals surface area contributed by atoms with Crippen molar-refractivity contribution in [3.05, 3.63) is 69.3 Å². The normalized spacial score (nSPS) is 16.9. The van der Waals surface area contributed by atoms with Crippen LogP contribution in [0, 0.1) is 5.92 Å². The Labute approximate surface area is 180 Å². The molecule has 0 bridgehead atoms. The number of para-hydroxylation sites is 1. The predicted molar refractivity (Wildman–Crippen MR) is 117 cm³/mol. The number of hydrogen-bond donors (Lipinski definition) is 0. The van der Waals surface area contributed by atoms with Gasteiger partial charge in [0.1, 0.15) is 5.70 Å². The van der Waals surface area contributed by atoms with Gasteiger partial charge in [0, 0.05) is 29.4 Å². The molecule has 0 saturated carbocycles. The van der Waals surface area contributed by atoms with Crippen LogP contribution in [-0.4, -0.2) is 29.8 Å². The number of nitrogens with zero attached hydrogens (tertiary/aromatic N) is 2. The fourth-order valence-electron chi connectivity index (χ4n) is 4.05. The zero-order valence-electron chi connectivity index (χ0n) is 16.4. The highest BCUT2D eigenvalue weighted by Crippen LogP contribution is 2.40. The fraction of sp³-hybridized carbons (Fsp3) is 0.304. The molecule has 2 heterocycles. The maximum absolute atomic E-state index is 13.5. The molecule has 4 nitrogen and oxygen atoms in total. The smallest absolute Gasteiger partial charge is 0.278 e. The third-order valence-corrected chi connectivity index (χ3v) is 5.82. The lowest BCUT2D eigenvalue weighted by atomic mass is 9.98. The van der Waals surface area contributed by atoms with Gasteiger partial charge in [0.05, 0.1) is 10.6 Å². The van der Waals surface area contributed by atoms with Crippen LogP contribution in [0.15, 0.2) is 48.2 Å². The summed E-state index contributed by atoms with van der Waals surface area (Å²) in [6.45, 7) is 5.02. The molecule has 2 amide bonds. The molecule has 6 heteroatoms. The number of rotatable bonds is 4. The van der Waals surface area contributed by atoms with Crippen molar-refractivity contribution >= 4 is 46.3 Å². The first-order valence-electron chi connectivity index (χ1n) is 9.79. The summed E-state index contributed by atoms with van der Waals surface area (Å²) in [6.07, 6.45) is 1.86. The summed E-state index contributed by atoms with van der Waals surface area (Å²) in [5.74, 6) is -0.398. The van der Waals surface area contributed by atoms with Gasteiger partial charge in [-0.2, -0.15) is 0 Å². The number of anilines is 1. The van der Waals surface area contributed by atoms with Crippen molar-refractivity contribution in [3.63, 3.8) is 0 Å². The quantitative estimate of drug-likeness (QED) is 0.629. The van der Waals surface area contributed by atoms with E-state index in [1.807, 2.05) is 36.9 Å². The number of carbonyl (C=O) groups excluding carboxylic acids is 2. The lowest BCUT2D eigenvalue weighted by Gasteiger charge is -2.32. The second-order valence-corrected chi connectivity index (χ2v) is 8.69. The molecule has 2 aromatic rings. The average molecular weight is 429 g/mol. The second-order valence-electron chi connectivity index (χ2n) is 7.85. The molecule has 0 unspecified atom stereocenters. The van der Waals surface area contributed by atoms with E-state index in [1.54, 1.807) is 18.2 Å². The van der Waals surface area contributed by atoms with E-state index in [2.05, 4.69) is 6.07 Å². The third-order valence-electron chi connectivity index (χ3n) is 5.27. The van der Waals surface area contributed by atoms with Gasteiger partial charge < -0.3 is 4.90 Å². The van der Waals surface area contributed by atoms with Crippen LogP contribution in [-0.2, 0) is 16.0 Å². The zero-order chi connectivity index (χ0) is 20.7. The molecule has 0 radical (unpaired) electrons. The van der Waals surface area contributed by atoms with Crippen molar-refractivity contribution in [1.29, 1.82) is 0 Å². The Bertz CT molecular complexity index is 1030. The molecule has 0 spiro atoms. The number of carbonyl (C=O) groups is 2. The maximum Gasteiger partial charge on any atom is 0.278 e. The number of imide groups is 1. The van der Waals surface area contributed by atoms with Crippen molar-refractivity contribution in [3.8, 4) is 0 Å². The van der Waals surface area contributed by atoms with Gasteiger partial charge in [-0.05, 0) is 42.5 Å². The molecule has 0 saturated heterocycles. The standard InChI is InChI=1S/C23H22Cl2N2O2/c1-14(2)13-27-22(28)20(17-10-9-16(24)12-18(17)25)21(23(27)29)26-11-5-7-15-6-3-4-8-19(15)26/h3-4,6,8-10,12,14H,5,7,11,13H2,1-2H3. The van der Waals surface area contributed by atoms with Gasteiger partial charge in [-0.1, -0.05) is 61.3 Å². The largest absolute Gasteiger partial charge is 0.336 e. The number of hydrogen-bond acceptors (Lipinski definition) is 3. The van der Waals surface area contributed by atoms with Gasteiger partial charge in [-0.25, -0.2) is 0 Å². The van der Waals surface area contributed by atoms with E-state index in [0.29, 0.717) is 40.0 Å². The Morgan fingerprint density at radius 3 is 2.52 bits per heavy atom. The van der Waals surface area contributed by atoms with Crippen LogP contribution in [0.4, 0.5) is 5.69 Å². The summed E-state index contributed by atoms with van der Waals surface area (Å²) in [4.78, 5) is 30.2. The highest BCUT2D eigenvalue weighted by Gasteiger charge is 2.43. The minimum Gasteiger partial charge on any atom is -0.336 e. The number of amides is 2. The van der Waals surface area contributed by atoms with E-state index < -0.39 is 0 Å². The lowest BCUT2D eigenvalue weighted by molar-refractivity contribution is -0.137. The molecule has 0 N–H and O–H groups in total. The van der Waals surface area contributed by atoms with Crippen molar-refractivity contribution in [2.24, 2.45) is 5.92 Å². The van der Waals surface area contributed by atoms with Gasteiger partial charge in [0.25, 0.3) is 11.8 Å². The average Bonchev–Trinajstić information content (AvgIpc) is 2.92. The van der Waals surface area contributed by atoms with Crippen molar-refractivity contribution < 1.29 is 9.59 Å². The molecule has 0 fully saturated rings. The van der Waals surface area contributed by atoms with Crippen molar-refractivity contribution in [2.75, 3.05) is 18.0 Å². The van der Waals surface area contributed by atoms with Gasteiger partial charge in [0.15, 0.2) is 0 Å². The van der Waals surface area contributed by atoms with Crippen LogP contribution in [0.2, 0.25) is 10.0 Å². The first-order valence-corrected chi connectivity index (χ1v) is 10.6. The van der Waals surface area contributed by atoms with E-state index in [-0.39, 0.29) is 17.7 Å². The van der Waals surface area contributed by atoms with Crippen LogP contribution in [0.25, 0.3) is 5.57 Å². The van der Waals surface area contributed by atoms with Gasteiger partial charge >= 0.3 is 0 Å². The Morgan fingerprint density at radius 2 is 1.79 bits per heavy atom. The number of fused-ring (bicyclic) bond motifs is 1.